The lowest BCUT2D eigenvalue weighted by molar-refractivity contribution is -0.125. The number of nitrogens with two attached hydrogens (primary N) is 1. The molecule has 1 aliphatic carbocycles. The molecule has 23 heavy (non-hydrogen) atoms. The summed E-state index contributed by atoms with van der Waals surface area (Å²) in [5, 5.41) is 3.03. The van der Waals surface area contributed by atoms with Gasteiger partial charge in [0.1, 0.15) is 17.6 Å². The second kappa shape index (κ2) is 6.79. The number of hydrogen-bond donors (Lipinski definition) is 2. The van der Waals surface area contributed by atoms with Crippen molar-refractivity contribution in [3.63, 3.8) is 0 Å². The monoisotopic (exact) mass is 318 g/mol. The lowest BCUT2D eigenvalue weighted by Gasteiger charge is -2.15. The van der Waals surface area contributed by atoms with E-state index in [-0.39, 0.29) is 24.0 Å². The zero-order valence-electron chi connectivity index (χ0n) is 13.9. The molecule has 3 rings (SSSR count). The van der Waals surface area contributed by atoms with E-state index >= 15 is 0 Å². The Balaban J connectivity index is 1.69. The molecule has 1 aliphatic heterocycles. The van der Waals surface area contributed by atoms with Crippen LogP contribution in [-0.4, -0.2) is 24.7 Å². The Morgan fingerprint density at radius 2 is 2.26 bits per heavy atom. The van der Waals surface area contributed by atoms with Gasteiger partial charge in [0.15, 0.2) is 0 Å². The van der Waals surface area contributed by atoms with E-state index in [9.17, 15) is 4.79 Å². The van der Waals surface area contributed by atoms with E-state index < -0.39 is 0 Å². The first-order valence-corrected chi connectivity index (χ1v) is 8.55. The van der Waals surface area contributed by atoms with E-state index in [1.165, 1.54) is 5.56 Å². The molecule has 1 saturated carbocycles. The van der Waals surface area contributed by atoms with Crippen LogP contribution in [0.4, 0.5) is 0 Å². The summed E-state index contributed by atoms with van der Waals surface area (Å²) in [6.45, 7) is 5.10. The van der Waals surface area contributed by atoms with Crippen LogP contribution >= 0.6 is 0 Å². The first kappa shape index (κ1) is 16.1. The smallest absolute Gasteiger partial charge is 0.223 e. The lowest BCUT2D eigenvalue weighted by Crippen LogP contribution is -2.30. The van der Waals surface area contributed by atoms with Crippen LogP contribution in [0.3, 0.4) is 0 Å². The summed E-state index contributed by atoms with van der Waals surface area (Å²) in [6.07, 6.45) is 3.71. The molecular weight excluding hydrogens is 292 g/mol. The number of hydrogen-bond acceptors (Lipinski definition) is 4. The highest BCUT2D eigenvalue weighted by atomic mass is 16.5. The van der Waals surface area contributed by atoms with Gasteiger partial charge in [0.25, 0.3) is 0 Å². The molecule has 0 saturated heterocycles. The van der Waals surface area contributed by atoms with Gasteiger partial charge in [-0.1, -0.05) is 0 Å². The van der Waals surface area contributed by atoms with Gasteiger partial charge in [-0.3, -0.25) is 4.79 Å². The molecule has 1 aromatic rings. The van der Waals surface area contributed by atoms with Crippen molar-refractivity contribution < 1.29 is 14.3 Å². The third-order valence-electron chi connectivity index (χ3n) is 4.68. The van der Waals surface area contributed by atoms with Crippen molar-refractivity contribution >= 4 is 5.91 Å². The van der Waals surface area contributed by atoms with Crippen LogP contribution in [-0.2, 0) is 17.8 Å². The Morgan fingerprint density at radius 3 is 2.96 bits per heavy atom. The van der Waals surface area contributed by atoms with Crippen LogP contribution in [0.2, 0.25) is 0 Å². The van der Waals surface area contributed by atoms with Crippen LogP contribution in [0.1, 0.15) is 44.2 Å². The average Bonchev–Trinajstić information content (AvgIpc) is 3.09. The maximum atomic E-state index is 12.3. The third-order valence-corrected chi connectivity index (χ3v) is 4.68. The van der Waals surface area contributed by atoms with Gasteiger partial charge in [-0.05, 0) is 45.2 Å². The second-order valence-corrected chi connectivity index (χ2v) is 6.62. The van der Waals surface area contributed by atoms with Gasteiger partial charge in [-0.15, -0.1) is 0 Å². The first-order chi connectivity index (χ1) is 11.1. The maximum Gasteiger partial charge on any atom is 0.223 e. The van der Waals surface area contributed by atoms with Crippen molar-refractivity contribution in [1.29, 1.82) is 0 Å². The van der Waals surface area contributed by atoms with Crippen LogP contribution < -0.4 is 20.5 Å². The summed E-state index contributed by atoms with van der Waals surface area (Å²) in [6, 6.07) is 4.22. The normalized spacial score (nSPS) is 25.8. The first-order valence-electron chi connectivity index (χ1n) is 8.55. The van der Waals surface area contributed by atoms with Crippen molar-refractivity contribution in [2.75, 3.05) is 6.61 Å². The van der Waals surface area contributed by atoms with Crippen molar-refractivity contribution in [3.05, 3.63) is 23.3 Å². The highest BCUT2D eigenvalue weighted by molar-refractivity contribution is 5.79. The standard InChI is InChI=1S/C18H26N2O3/c1-3-22-16-8-13-6-11(2)23-17(13)9-14(16)10-20-18(21)12-4-5-15(19)7-12/h8-9,11-12,15H,3-7,10,19H2,1-2H3,(H,20,21)/t11-,12-,15-/m1/s1. The number of benzene rings is 1. The van der Waals surface area contributed by atoms with Gasteiger partial charge in [0.05, 0.1) is 6.61 Å². The van der Waals surface area contributed by atoms with E-state index in [2.05, 4.69) is 18.3 Å². The Kier molecular flexibility index (Phi) is 4.76. The summed E-state index contributed by atoms with van der Waals surface area (Å²) < 4.78 is 11.6. The summed E-state index contributed by atoms with van der Waals surface area (Å²) in [7, 11) is 0. The number of carbonyl (C=O) groups is 1. The highest BCUT2D eigenvalue weighted by Gasteiger charge is 2.28. The molecule has 0 spiro atoms. The molecule has 0 aromatic heterocycles. The largest absolute Gasteiger partial charge is 0.494 e. The molecule has 2 aliphatic rings. The van der Waals surface area contributed by atoms with Gasteiger partial charge in [0.2, 0.25) is 5.91 Å². The maximum absolute atomic E-state index is 12.3. The second-order valence-electron chi connectivity index (χ2n) is 6.62. The van der Waals surface area contributed by atoms with Gasteiger partial charge in [-0.25, -0.2) is 0 Å². The number of carbonyl (C=O) groups excluding carboxylic acids is 1. The number of nitrogens with one attached hydrogen (secondary N) is 1. The predicted octanol–water partition coefficient (Wildman–Crippen LogP) is 2.15. The van der Waals surface area contributed by atoms with Crippen molar-refractivity contribution in [2.24, 2.45) is 11.7 Å². The minimum Gasteiger partial charge on any atom is -0.494 e. The lowest BCUT2D eigenvalue weighted by atomic mass is 10.0. The van der Waals surface area contributed by atoms with Gasteiger partial charge in [-0.2, -0.15) is 0 Å². The molecule has 1 amide bonds. The zero-order valence-corrected chi connectivity index (χ0v) is 13.9. The summed E-state index contributed by atoms with van der Waals surface area (Å²) in [5.74, 6) is 1.89. The fraction of sp³-hybridized carbons (Fsp3) is 0.611. The minimum atomic E-state index is 0.0474. The van der Waals surface area contributed by atoms with Crippen LogP contribution in [0.25, 0.3) is 0 Å². The fourth-order valence-corrected chi connectivity index (χ4v) is 3.49. The highest BCUT2D eigenvalue weighted by Crippen LogP contribution is 2.35. The molecule has 1 heterocycles. The van der Waals surface area contributed by atoms with Crippen molar-refractivity contribution in [2.45, 2.75) is 58.2 Å². The molecule has 1 aromatic carbocycles. The minimum absolute atomic E-state index is 0.0474. The Bertz CT molecular complexity index is 588. The predicted molar refractivity (Wildman–Crippen MR) is 88.6 cm³/mol. The van der Waals surface area contributed by atoms with Crippen LogP contribution in [0.5, 0.6) is 11.5 Å². The SMILES string of the molecule is CCOc1cc2c(cc1CNC(=O)[C@@H]1CC[C@@H](N)C1)O[C@H](C)C2. The molecule has 126 valence electrons. The van der Waals surface area contributed by atoms with Gasteiger partial charge >= 0.3 is 0 Å². The quantitative estimate of drug-likeness (QED) is 0.872. The molecule has 1 fully saturated rings. The van der Waals surface area contributed by atoms with E-state index in [0.29, 0.717) is 13.2 Å². The summed E-state index contributed by atoms with van der Waals surface area (Å²) in [5.41, 5.74) is 8.04. The molecule has 0 radical (unpaired) electrons. The molecule has 3 atom stereocenters. The van der Waals surface area contributed by atoms with Crippen molar-refractivity contribution in [3.8, 4) is 11.5 Å². The number of ether oxygens (including phenoxy) is 2. The van der Waals surface area contributed by atoms with Gasteiger partial charge < -0.3 is 20.5 Å². The van der Waals surface area contributed by atoms with E-state index in [1.54, 1.807) is 0 Å². The number of amides is 1. The summed E-state index contributed by atoms with van der Waals surface area (Å²) >= 11 is 0. The van der Waals surface area contributed by atoms with E-state index in [4.69, 9.17) is 15.2 Å². The molecule has 5 nitrogen and oxygen atoms in total. The molecule has 0 unspecified atom stereocenters. The zero-order chi connectivity index (χ0) is 16.4. The fourth-order valence-electron chi connectivity index (χ4n) is 3.49. The Labute approximate surface area is 137 Å². The molecule has 5 heteroatoms. The third kappa shape index (κ3) is 3.61. The number of rotatable bonds is 5. The van der Waals surface area contributed by atoms with Gasteiger partial charge in [0, 0.05) is 36.1 Å². The van der Waals surface area contributed by atoms with E-state index in [1.807, 2.05) is 13.0 Å². The average molecular weight is 318 g/mol. The Hall–Kier alpha value is -1.75. The number of fused-ring (bicyclic) bond motifs is 1. The topological polar surface area (TPSA) is 73.6 Å². The van der Waals surface area contributed by atoms with Crippen LogP contribution in [0.15, 0.2) is 12.1 Å². The summed E-state index contributed by atoms with van der Waals surface area (Å²) in [4.78, 5) is 12.3. The Morgan fingerprint density at radius 1 is 1.43 bits per heavy atom. The molecule has 0 bridgehead atoms. The van der Waals surface area contributed by atoms with Crippen LogP contribution in [0, 0.1) is 5.92 Å². The molecule has 3 N–H and O–H groups in total. The van der Waals surface area contributed by atoms with E-state index in [0.717, 1.165) is 42.7 Å². The van der Waals surface area contributed by atoms with Crippen molar-refractivity contribution in [1.82, 2.24) is 5.32 Å². The molecular formula is C18H26N2O3.